The molecule has 0 radical (unpaired) electrons. The molecule has 0 saturated carbocycles. The Morgan fingerprint density at radius 3 is 1.73 bits per heavy atom. The van der Waals surface area contributed by atoms with E-state index in [4.69, 9.17) is 14.6 Å². The van der Waals surface area contributed by atoms with Crippen LogP contribution in [-0.4, -0.2) is 24.2 Å². The number of carboxylic acid groups (broad SMARTS) is 1. The Morgan fingerprint density at radius 1 is 0.757 bits per heavy atom. The molecule has 3 N–H and O–H groups in total. The van der Waals surface area contributed by atoms with Crippen LogP contribution in [0.2, 0.25) is 0 Å². The zero-order valence-corrected chi connectivity index (χ0v) is 21.6. The first-order chi connectivity index (χ1) is 18.1. The highest BCUT2D eigenvalue weighted by molar-refractivity contribution is 5.67. The summed E-state index contributed by atoms with van der Waals surface area (Å²) in [6.07, 6.45) is 8.58. The van der Waals surface area contributed by atoms with Crippen molar-refractivity contribution in [3.63, 3.8) is 0 Å². The summed E-state index contributed by atoms with van der Waals surface area (Å²) in [5.74, 6) is 0.456. The van der Waals surface area contributed by atoms with Crippen molar-refractivity contribution < 1.29 is 19.4 Å². The van der Waals surface area contributed by atoms with Gasteiger partial charge in [-0.05, 0) is 73.4 Å². The predicted octanol–water partition coefficient (Wildman–Crippen LogP) is 6.84. The summed E-state index contributed by atoms with van der Waals surface area (Å²) < 4.78 is 12.2. The molecule has 0 heterocycles. The van der Waals surface area contributed by atoms with E-state index in [9.17, 15) is 4.79 Å². The second-order valence-electron chi connectivity index (χ2n) is 8.58. The molecular formula is C31H36N2O4. The molecule has 0 aliphatic rings. The van der Waals surface area contributed by atoms with Crippen molar-refractivity contribution in [3.05, 3.63) is 108 Å². The normalized spacial score (nSPS) is 11.1. The first-order valence-electron chi connectivity index (χ1n) is 12.5. The van der Waals surface area contributed by atoms with Crippen molar-refractivity contribution >= 4 is 17.3 Å². The van der Waals surface area contributed by atoms with E-state index < -0.39 is 5.97 Å². The van der Waals surface area contributed by atoms with E-state index in [1.54, 1.807) is 0 Å². The van der Waals surface area contributed by atoms with E-state index in [1.165, 1.54) is 0 Å². The molecule has 0 fully saturated rings. The second-order valence-corrected chi connectivity index (χ2v) is 8.58. The number of benzene rings is 3. The lowest BCUT2D eigenvalue weighted by Crippen LogP contribution is -2.03. The number of aryl methyl sites for hydroxylation is 1. The van der Waals surface area contributed by atoms with Crippen LogP contribution in [-0.2, 0) is 24.4 Å². The number of nitrogens with one attached hydrogen (secondary N) is 2. The highest BCUT2D eigenvalue weighted by atomic mass is 16.5. The average Bonchev–Trinajstić information content (AvgIpc) is 2.90. The zero-order valence-electron chi connectivity index (χ0n) is 21.6. The summed E-state index contributed by atoms with van der Waals surface area (Å²) in [5.41, 5.74) is 4.98. The topological polar surface area (TPSA) is 79.8 Å². The lowest BCUT2D eigenvalue weighted by Gasteiger charge is -2.14. The molecule has 3 rings (SSSR count). The highest BCUT2D eigenvalue weighted by Crippen LogP contribution is 2.26. The summed E-state index contributed by atoms with van der Waals surface area (Å²) in [6.45, 7) is 6.30. The lowest BCUT2D eigenvalue weighted by molar-refractivity contribution is -0.136. The minimum absolute atomic E-state index is 0.0444. The van der Waals surface area contributed by atoms with E-state index in [1.807, 2.05) is 80.6 Å². The maximum absolute atomic E-state index is 11.1. The third kappa shape index (κ3) is 10.1. The smallest absolute Gasteiger partial charge is 0.303 e. The Balaban J connectivity index is 1.68. The minimum Gasteiger partial charge on any atom is -0.489 e. The van der Waals surface area contributed by atoms with Crippen molar-refractivity contribution in [2.75, 3.05) is 23.7 Å². The van der Waals surface area contributed by atoms with Crippen molar-refractivity contribution in [2.24, 2.45) is 0 Å². The number of ether oxygens (including phenoxy) is 2. The third-order valence-corrected chi connectivity index (χ3v) is 5.55. The number of rotatable bonds is 15. The van der Waals surface area contributed by atoms with Gasteiger partial charge in [0, 0.05) is 37.0 Å². The lowest BCUT2D eigenvalue weighted by atomic mass is 10.1. The van der Waals surface area contributed by atoms with Gasteiger partial charge in [0.2, 0.25) is 0 Å². The largest absolute Gasteiger partial charge is 0.489 e. The fraction of sp³-hybridized carbons (Fsp3) is 0.258. The molecule has 37 heavy (non-hydrogen) atoms. The number of hydrogen-bond donors (Lipinski definition) is 3. The number of carboxylic acids is 1. The fourth-order valence-corrected chi connectivity index (χ4v) is 3.66. The predicted molar refractivity (Wildman–Crippen MR) is 151 cm³/mol. The molecule has 0 unspecified atom stereocenters. The van der Waals surface area contributed by atoms with Crippen LogP contribution in [0.3, 0.4) is 0 Å². The van der Waals surface area contributed by atoms with E-state index >= 15 is 0 Å². The molecular weight excluding hydrogens is 464 g/mol. The number of allylic oxidation sites excluding steroid dienone is 2. The molecule has 0 spiro atoms. The SMILES string of the molecule is C/C=C/CNc1cccc(COc2cc(CCC(=O)O)cc(OCc3cccc(NC/C=C/C)c3)c2)c1. The average molecular weight is 501 g/mol. The highest BCUT2D eigenvalue weighted by Gasteiger charge is 2.08. The van der Waals surface area contributed by atoms with Crippen molar-refractivity contribution in [1.29, 1.82) is 0 Å². The first kappa shape index (κ1) is 27.4. The number of anilines is 2. The summed E-state index contributed by atoms with van der Waals surface area (Å²) >= 11 is 0. The number of hydrogen-bond acceptors (Lipinski definition) is 5. The number of carbonyl (C=O) groups is 1. The van der Waals surface area contributed by atoms with Gasteiger partial charge in [0.05, 0.1) is 0 Å². The maximum atomic E-state index is 11.1. The second kappa shape index (κ2) is 15.0. The van der Waals surface area contributed by atoms with Crippen LogP contribution in [0.5, 0.6) is 11.5 Å². The van der Waals surface area contributed by atoms with Crippen molar-refractivity contribution in [2.45, 2.75) is 39.9 Å². The van der Waals surface area contributed by atoms with Crippen LogP contribution in [0.15, 0.2) is 91.0 Å². The van der Waals surface area contributed by atoms with Crippen LogP contribution in [0.25, 0.3) is 0 Å². The van der Waals surface area contributed by atoms with Crippen LogP contribution in [0.4, 0.5) is 11.4 Å². The third-order valence-electron chi connectivity index (χ3n) is 5.55. The molecule has 0 aliphatic carbocycles. The van der Waals surface area contributed by atoms with E-state index in [-0.39, 0.29) is 6.42 Å². The molecule has 6 nitrogen and oxygen atoms in total. The molecule has 0 atom stereocenters. The maximum Gasteiger partial charge on any atom is 0.303 e. The van der Waals surface area contributed by atoms with E-state index in [2.05, 4.69) is 34.9 Å². The van der Waals surface area contributed by atoms with E-state index in [0.717, 1.165) is 41.2 Å². The molecule has 194 valence electrons. The Kier molecular flexibility index (Phi) is 11.1. The van der Waals surface area contributed by atoms with Crippen LogP contribution in [0, 0.1) is 0 Å². The van der Waals surface area contributed by atoms with Crippen molar-refractivity contribution in [1.82, 2.24) is 0 Å². The Labute approximate surface area is 219 Å². The van der Waals surface area contributed by atoms with Gasteiger partial charge in [-0.25, -0.2) is 0 Å². The molecule has 0 aliphatic heterocycles. The number of aliphatic carboxylic acids is 1. The molecule has 0 amide bonds. The van der Waals surface area contributed by atoms with Crippen LogP contribution >= 0.6 is 0 Å². The van der Waals surface area contributed by atoms with Gasteiger partial charge in [-0.1, -0.05) is 48.6 Å². The Bertz CT molecular complexity index is 1120. The van der Waals surface area contributed by atoms with Gasteiger partial charge in [0.15, 0.2) is 0 Å². The van der Waals surface area contributed by atoms with Crippen molar-refractivity contribution in [3.8, 4) is 11.5 Å². The summed E-state index contributed by atoms with van der Waals surface area (Å²) in [5, 5.41) is 15.9. The van der Waals surface area contributed by atoms with Gasteiger partial charge < -0.3 is 25.2 Å². The van der Waals surface area contributed by atoms with Gasteiger partial charge in [-0.2, -0.15) is 0 Å². The van der Waals surface area contributed by atoms with E-state index in [0.29, 0.717) is 31.1 Å². The molecule has 6 heteroatoms. The van der Waals surface area contributed by atoms with Gasteiger partial charge >= 0.3 is 5.97 Å². The molecule has 3 aromatic rings. The fourth-order valence-electron chi connectivity index (χ4n) is 3.66. The zero-order chi connectivity index (χ0) is 26.3. The summed E-state index contributed by atoms with van der Waals surface area (Å²) in [4.78, 5) is 11.1. The molecule has 0 aromatic heterocycles. The Morgan fingerprint density at radius 2 is 1.27 bits per heavy atom. The minimum atomic E-state index is -0.835. The van der Waals surface area contributed by atoms with Crippen LogP contribution < -0.4 is 20.1 Å². The van der Waals surface area contributed by atoms with Gasteiger partial charge in [0.25, 0.3) is 0 Å². The molecule has 0 bridgehead atoms. The molecule has 0 saturated heterocycles. The summed E-state index contributed by atoms with van der Waals surface area (Å²) in [6, 6.07) is 21.8. The standard InChI is InChI=1S/C31H36N2O4/c1-3-5-15-32-27-11-7-9-25(17-27)22-36-29-19-24(13-14-31(34)35)20-30(21-29)37-23-26-10-8-12-28(18-26)33-16-6-4-2/h3-12,17-21,32-33H,13-16,22-23H2,1-2H3,(H,34,35)/b5-3+,6-4+. The Hall–Kier alpha value is -4.19. The van der Waals surface area contributed by atoms with Crippen LogP contribution in [0.1, 0.15) is 37.0 Å². The van der Waals surface area contributed by atoms with Gasteiger partial charge in [-0.15, -0.1) is 0 Å². The van der Waals surface area contributed by atoms with Gasteiger partial charge in [-0.3, -0.25) is 4.79 Å². The first-order valence-corrected chi connectivity index (χ1v) is 12.5. The summed E-state index contributed by atoms with van der Waals surface area (Å²) in [7, 11) is 0. The quantitative estimate of drug-likeness (QED) is 0.198. The molecule has 3 aromatic carbocycles. The monoisotopic (exact) mass is 500 g/mol. The van der Waals surface area contributed by atoms with Gasteiger partial charge in [0.1, 0.15) is 24.7 Å².